The summed E-state index contributed by atoms with van der Waals surface area (Å²) in [5, 5.41) is 0.705. The number of carbonyl (C=O) groups is 1. The van der Waals surface area contributed by atoms with Gasteiger partial charge < -0.3 is 20.3 Å². The van der Waals surface area contributed by atoms with E-state index in [0.717, 1.165) is 51.0 Å². The van der Waals surface area contributed by atoms with Crippen LogP contribution < -0.4 is 5.73 Å². The molecule has 6 heteroatoms. The van der Waals surface area contributed by atoms with Gasteiger partial charge in [0.15, 0.2) is 0 Å². The third-order valence-electron chi connectivity index (χ3n) is 5.22. The van der Waals surface area contributed by atoms with Gasteiger partial charge >= 0.3 is 0 Å². The predicted molar refractivity (Wildman–Crippen MR) is 99.6 cm³/mol. The fourth-order valence-electron chi connectivity index (χ4n) is 3.79. The van der Waals surface area contributed by atoms with E-state index in [4.69, 9.17) is 22.1 Å². The monoisotopic (exact) mass is 365 g/mol. The van der Waals surface area contributed by atoms with E-state index in [1.54, 1.807) is 0 Å². The molecule has 2 heterocycles. The lowest BCUT2D eigenvalue weighted by Crippen LogP contribution is -2.44. The van der Waals surface area contributed by atoms with Crippen molar-refractivity contribution in [1.82, 2.24) is 9.80 Å². The Labute approximate surface area is 155 Å². The zero-order chi connectivity index (χ0) is 17.6. The summed E-state index contributed by atoms with van der Waals surface area (Å²) < 4.78 is 5.99. The van der Waals surface area contributed by atoms with Crippen molar-refractivity contribution in [3.8, 4) is 0 Å². The number of halogens is 1. The average molecular weight is 366 g/mol. The summed E-state index contributed by atoms with van der Waals surface area (Å²) in [6.45, 7) is 5.55. The van der Waals surface area contributed by atoms with Crippen LogP contribution >= 0.6 is 11.6 Å². The lowest BCUT2D eigenvalue weighted by atomic mass is 9.95. The van der Waals surface area contributed by atoms with Crippen LogP contribution in [0, 0.1) is 5.92 Å². The molecule has 1 aromatic carbocycles. The standard InChI is InChI=1S/C19H28ClN3O2/c20-17-5-2-1-4-16(17)18-14-23(9-3-13-25-18)19(24)15-6-10-22(11-7-15)12-8-21/h1-2,4-5,15,18H,3,6-14,21H2. The zero-order valence-corrected chi connectivity index (χ0v) is 15.5. The molecule has 3 rings (SSSR count). The Kier molecular flexibility index (Phi) is 6.70. The molecule has 2 fully saturated rings. The van der Waals surface area contributed by atoms with Crippen LogP contribution in [0.15, 0.2) is 24.3 Å². The number of nitrogens with two attached hydrogens (primary N) is 1. The number of benzene rings is 1. The molecule has 2 N–H and O–H groups in total. The predicted octanol–water partition coefficient (Wildman–Crippen LogP) is 2.30. The highest BCUT2D eigenvalue weighted by Crippen LogP contribution is 2.29. The van der Waals surface area contributed by atoms with E-state index in [1.165, 1.54) is 0 Å². The molecule has 5 nitrogen and oxygen atoms in total. The van der Waals surface area contributed by atoms with E-state index in [1.807, 2.05) is 29.2 Å². The van der Waals surface area contributed by atoms with Gasteiger partial charge in [-0.3, -0.25) is 4.79 Å². The average Bonchev–Trinajstić information content (AvgIpc) is 2.89. The molecule has 1 atom stereocenters. The van der Waals surface area contributed by atoms with Crippen LogP contribution in [0.4, 0.5) is 0 Å². The van der Waals surface area contributed by atoms with Crippen LogP contribution in [0.1, 0.15) is 30.9 Å². The molecule has 1 aromatic rings. The van der Waals surface area contributed by atoms with Crippen LogP contribution in [0.25, 0.3) is 0 Å². The first-order chi connectivity index (χ1) is 12.2. The fourth-order valence-corrected chi connectivity index (χ4v) is 4.05. The van der Waals surface area contributed by atoms with Gasteiger partial charge in [0.1, 0.15) is 6.10 Å². The first-order valence-electron chi connectivity index (χ1n) is 9.26. The first-order valence-corrected chi connectivity index (χ1v) is 9.64. The van der Waals surface area contributed by atoms with E-state index in [2.05, 4.69) is 4.90 Å². The van der Waals surface area contributed by atoms with E-state index >= 15 is 0 Å². The number of hydrogen-bond donors (Lipinski definition) is 1. The summed E-state index contributed by atoms with van der Waals surface area (Å²) in [7, 11) is 0. The summed E-state index contributed by atoms with van der Waals surface area (Å²) in [5.41, 5.74) is 6.60. The van der Waals surface area contributed by atoms with Crippen molar-refractivity contribution in [3.05, 3.63) is 34.9 Å². The highest BCUT2D eigenvalue weighted by molar-refractivity contribution is 6.31. The fraction of sp³-hybridized carbons (Fsp3) is 0.632. The first kappa shape index (κ1) is 18.6. The maximum Gasteiger partial charge on any atom is 0.225 e. The van der Waals surface area contributed by atoms with Gasteiger partial charge in [-0.25, -0.2) is 0 Å². The normalized spacial score (nSPS) is 23.4. The van der Waals surface area contributed by atoms with Crippen LogP contribution in [-0.2, 0) is 9.53 Å². The SMILES string of the molecule is NCCN1CCC(C(=O)N2CCCOC(c3ccccc3Cl)C2)CC1. The van der Waals surface area contributed by atoms with Crippen LogP contribution in [0.3, 0.4) is 0 Å². The molecule has 0 spiro atoms. The molecule has 2 saturated heterocycles. The summed E-state index contributed by atoms with van der Waals surface area (Å²) in [6.07, 6.45) is 2.58. The van der Waals surface area contributed by atoms with Crippen LogP contribution in [0.2, 0.25) is 5.02 Å². The number of ether oxygens (including phenoxy) is 1. The van der Waals surface area contributed by atoms with Gasteiger partial charge in [0.2, 0.25) is 5.91 Å². The van der Waals surface area contributed by atoms with E-state index in [9.17, 15) is 4.79 Å². The van der Waals surface area contributed by atoms with Gasteiger partial charge in [-0.1, -0.05) is 29.8 Å². The highest BCUT2D eigenvalue weighted by atomic mass is 35.5. The third-order valence-corrected chi connectivity index (χ3v) is 5.57. The van der Waals surface area contributed by atoms with Crippen molar-refractivity contribution < 1.29 is 9.53 Å². The van der Waals surface area contributed by atoms with E-state index in [-0.39, 0.29) is 17.9 Å². The van der Waals surface area contributed by atoms with Crippen molar-refractivity contribution in [2.75, 3.05) is 45.9 Å². The van der Waals surface area contributed by atoms with Crippen molar-refractivity contribution in [2.24, 2.45) is 11.7 Å². The molecule has 0 saturated carbocycles. The van der Waals surface area contributed by atoms with Crippen molar-refractivity contribution in [2.45, 2.75) is 25.4 Å². The minimum atomic E-state index is -0.141. The topological polar surface area (TPSA) is 58.8 Å². The third kappa shape index (κ3) is 4.73. The van der Waals surface area contributed by atoms with Gasteiger partial charge in [0.25, 0.3) is 0 Å². The molecule has 1 amide bonds. The van der Waals surface area contributed by atoms with Gasteiger partial charge in [0, 0.05) is 42.7 Å². The molecule has 0 radical (unpaired) electrons. The van der Waals surface area contributed by atoms with Crippen molar-refractivity contribution in [3.63, 3.8) is 0 Å². The molecule has 2 aliphatic heterocycles. The lowest BCUT2D eigenvalue weighted by Gasteiger charge is -2.34. The Balaban J connectivity index is 1.63. The van der Waals surface area contributed by atoms with Gasteiger partial charge in [-0.2, -0.15) is 0 Å². The zero-order valence-electron chi connectivity index (χ0n) is 14.7. The summed E-state index contributed by atoms with van der Waals surface area (Å²) in [6, 6.07) is 7.76. The number of piperidine rings is 1. The molecule has 0 bridgehead atoms. The van der Waals surface area contributed by atoms with Crippen LogP contribution in [-0.4, -0.2) is 61.6 Å². The Hall–Kier alpha value is -1.14. The molecule has 2 aliphatic rings. The summed E-state index contributed by atoms with van der Waals surface area (Å²) in [4.78, 5) is 17.4. The Morgan fingerprint density at radius 3 is 2.72 bits per heavy atom. The van der Waals surface area contributed by atoms with E-state index in [0.29, 0.717) is 24.7 Å². The number of hydrogen-bond acceptors (Lipinski definition) is 4. The number of rotatable bonds is 4. The molecular weight excluding hydrogens is 338 g/mol. The maximum absolute atomic E-state index is 13.0. The second kappa shape index (κ2) is 8.99. The smallest absolute Gasteiger partial charge is 0.225 e. The number of amides is 1. The number of likely N-dealkylation sites (tertiary alicyclic amines) is 1. The second-order valence-corrected chi connectivity index (χ2v) is 7.33. The minimum Gasteiger partial charge on any atom is -0.372 e. The highest BCUT2D eigenvalue weighted by Gasteiger charge is 2.31. The van der Waals surface area contributed by atoms with E-state index < -0.39 is 0 Å². The van der Waals surface area contributed by atoms with Crippen molar-refractivity contribution >= 4 is 17.5 Å². The quantitative estimate of drug-likeness (QED) is 0.889. The van der Waals surface area contributed by atoms with Crippen LogP contribution in [0.5, 0.6) is 0 Å². The lowest BCUT2D eigenvalue weighted by molar-refractivity contribution is -0.137. The largest absolute Gasteiger partial charge is 0.372 e. The molecular formula is C19H28ClN3O2. The van der Waals surface area contributed by atoms with Gasteiger partial charge in [-0.05, 0) is 38.4 Å². The maximum atomic E-state index is 13.0. The Morgan fingerprint density at radius 1 is 1.24 bits per heavy atom. The summed E-state index contributed by atoms with van der Waals surface area (Å²) >= 11 is 6.33. The molecule has 0 aromatic heterocycles. The molecule has 1 unspecified atom stereocenters. The van der Waals surface area contributed by atoms with Gasteiger partial charge in [-0.15, -0.1) is 0 Å². The Morgan fingerprint density at radius 2 is 2.00 bits per heavy atom. The van der Waals surface area contributed by atoms with Crippen molar-refractivity contribution in [1.29, 1.82) is 0 Å². The number of nitrogens with zero attached hydrogens (tertiary/aromatic N) is 2. The second-order valence-electron chi connectivity index (χ2n) is 6.92. The Bertz CT molecular complexity index is 576. The summed E-state index contributed by atoms with van der Waals surface area (Å²) in [5.74, 6) is 0.397. The molecule has 138 valence electrons. The molecule has 0 aliphatic carbocycles. The molecule has 25 heavy (non-hydrogen) atoms. The number of carbonyl (C=O) groups excluding carboxylic acids is 1. The van der Waals surface area contributed by atoms with Gasteiger partial charge in [0.05, 0.1) is 6.54 Å². The minimum absolute atomic E-state index is 0.124.